The molecule has 0 atom stereocenters. The van der Waals surface area contributed by atoms with E-state index in [1.165, 1.54) is 0 Å². The van der Waals surface area contributed by atoms with E-state index in [0.717, 1.165) is 5.70 Å². The molecule has 0 aliphatic carbocycles. The van der Waals surface area contributed by atoms with E-state index in [2.05, 4.69) is 5.43 Å². The first-order valence-corrected chi connectivity index (χ1v) is 3.48. The Morgan fingerprint density at radius 1 is 1.45 bits per heavy atom. The van der Waals surface area contributed by atoms with Gasteiger partial charge in [0, 0.05) is 6.20 Å². The van der Waals surface area contributed by atoms with Gasteiger partial charge in [-0.15, -0.1) is 0 Å². The van der Waals surface area contributed by atoms with Crippen molar-refractivity contribution in [3.8, 4) is 0 Å². The quantitative estimate of drug-likeness (QED) is 0.537. The third kappa shape index (κ3) is 1.05. The van der Waals surface area contributed by atoms with Gasteiger partial charge in [-0.25, -0.2) is 0 Å². The normalized spacial score (nSPS) is 20.9. The van der Waals surface area contributed by atoms with Gasteiger partial charge in [-0.1, -0.05) is 6.08 Å². The predicted molar refractivity (Wildman–Crippen MR) is 41.2 cm³/mol. The van der Waals surface area contributed by atoms with Crippen LogP contribution in [0, 0.1) is 0 Å². The summed E-state index contributed by atoms with van der Waals surface area (Å²) in [6.45, 7) is 0.412. The minimum absolute atomic E-state index is 0.118. The number of nitrogens with one attached hydrogen (secondary N) is 1. The monoisotopic (exact) mass is 148 g/mol. The summed E-state index contributed by atoms with van der Waals surface area (Å²) in [6, 6.07) is 0. The fraction of sp³-hybridized carbons (Fsp3) is 0.125. The lowest BCUT2D eigenvalue weighted by Gasteiger charge is -2.16. The Kier molecular flexibility index (Phi) is 1.28. The maximum Gasteiger partial charge on any atom is 0.177 e. The van der Waals surface area contributed by atoms with E-state index in [0.29, 0.717) is 6.54 Å². The molecule has 0 saturated heterocycles. The van der Waals surface area contributed by atoms with Crippen LogP contribution in [0.5, 0.6) is 0 Å². The summed E-state index contributed by atoms with van der Waals surface area (Å²) in [4.78, 5) is 11.0. The highest BCUT2D eigenvalue weighted by Crippen LogP contribution is 2.11. The molecule has 11 heavy (non-hydrogen) atoms. The fourth-order valence-corrected chi connectivity index (χ4v) is 1.12. The number of allylic oxidation sites excluding steroid dienone is 3. The van der Waals surface area contributed by atoms with Gasteiger partial charge in [0.2, 0.25) is 0 Å². The second-order valence-corrected chi connectivity index (χ2v) is 2.47. The van der Waals surface area contributed by atoms with E-state index in [-0.39, 0.29) is 5.78 Å². The minimum atomic E-state index is 0.118. The summed E-state index contributed by atoms with van der Waals surface area (Å²) in [5.74, 6) is 0.118. The number of hydrogen-bond acceptors (Lipinski definition) is 3. The van der Waals surface area contributed by atoms with Crippen LogP contribution in [-0.2, 0) is 4.79 Å². The molecule has 0 aromatic carbocycles. The molecule has 3 heteroatoms. The number of carbonyl (C=O) groups is 1. The van der Waals surface area contributed by atoms with E-state index in [1.807, 2.05) is 23.4 Å². The van der Waals surface area contributed by atoms with Crippen molar-refractivity contribution in [2.75, 3.05) is 6.54 Å². The van der Waals surface area contributed by atoms with Crippen LogP contribution in [0.3, 0.4) is 0 Å². The fourth-order valence-electron chi connectivity index (χ4n) is 1.12. The van der Waals surface area contributed by atoms with Gasteiger partial charge in [-0.05, 0) is 18.2 Å². The zero-order chi connectivity index (χ0) is 7.68. The summed E-state index contributed by atoms with van der Waals surface area (Å²) in [7, 11) is 0. The van der Waals surface area contributed by atoms with Gasteiger partial charge in [-0.2, -0.15) is 0 Å². The molecule has 0 radical (unpaired) electrons. The van der Waals surface area contributed by atoms with Crippen molar-refractivity contribution in [3.63, 3.8) is 0 Å². The van der Waals surface area contributed by atoms with Gasteiger partial charge < -0.3 is 5.43 Å². The van der Waals surface area contributed by atoms with Crippen molar-refractivity contribution in [2.24, 2.45) is 0 Å². The van der Waals surface area contributed by atoms with Crippen LogP contribution >= 0.6 is 0 Å². The number of hydrogen-bond donors (Lipinski definition) is 1. The number of fused-ring (bicyclic) bond motifs is 1. The molecule has 0 bridgehead atoms. The van der Waals surface area contributed by atoms with Gasteiger partial charge in [0.05, 0.1) is 5.70 Å². The summed E-state index contributed by atoms with van der Waals surface area (Å²) in [6.07, 6.45) is 9.01. The standard InChI is InChI=1S/C8H8N2O/c11-8-3-1-2-7-4-5-9-10(7)6-8/h1-5,9H,6H2. The molecule has 0 spiro atoms. The Morgan fingerprint density at radius 2 is 2.36 bits per heavy atom. The van der Waals surface area contributed by atoms with Gasteiger partial charge in [-0.3, -0.25) is 9.80 Å². The maximum absolute atomic E-state index is 11.0. The summed E-state index contributed by atoms with van der Waals surface area (Å²) in [5.41, 5.74) is 3.99. The predicted octanol–water partition coefficient (Wildman–Crippen LogP) is 0.343. The van der Waals surface area contributed by atoms with Gasteiger partial charge >= 0.3 is 0 Å². The molecular weight excluding hydrogens is 140 g/mol. The number of nitrogens with zero attached hydrogens (tertiary/aromatic N) is 1. The lowest BCUT2D eigenvalue weighted by Crippen LogP contribution is -2.32. The highest BCUT2D eigenvalue weighted by Gasteiger charge is 2.14. The second-order valence-electron chi connectivity index (χ2n) is 2.47. The van der Waals surface area contributed by atoms with Crippen LogP contribution in [0.2, 0.25) is 0 Å². The highest BCUT2D eigenvalue weighted by atomic mass is 16.1. The highest BCUT2D eigenvalue weighted by molar-refractivity contribution is 5.92. The third-order valence-corrected chi connectivity index (χ3v) is 1.66. The molecule has 56 valence electrons. The number of carbonyl (C=O) groups excluding carboxylic acids is 1. The van der Waals surface area contributed by atoms with Crippen LogP contribution in [0.4, 0.5) is 0 Å². The Bertz CT molecular complexity index is 276. The lowest BCUT2D eigenvalue weighted by molar-refractivity contribution is -0.115. The Morgan fingerprint density at radius 3 is 3.27 bits per heavy atom. The largest absolute Gasteiger partial charge is 0.305 e. The van der Waals surface area contributed by atoms with Crippen molar-refractivity contribution in [1.29, 1.82) is 0 Å². The minimum Gasteiger partial charge on any atom is -0.305 e. The average Bonchev–Trinajstić information content (AvgIpc) is 2.31. The molecule has 0 aromatic heterocycles. The van der Waals surface area contributed by atoms with Crippen LogP contribution in [-0.4, -0.2) is 17.3 Å². The van der Waals surface area contributed by atoms with E-state index < -0.39 is 0 Å². The van der Waals surface area contributed by atoms with Crippen molar-refractivity contribution in [1.82, 2.24) is 10.4 Å². The Hall–Kier alpha value is -1.51. The molecule has 0 aromatic rings. The van der Waals surface area contributed by atoms with Crippen LogP contribution in [0.15, 0.2) is 36.2 Å². The van der Waals surface area contributed by atoms with E-state index in [9.17, 15) is 4.79 Å². The molecule has 0 saturated carbocycles. The van der Waals surface area contributed by atoms with Gasteiger partial charge in [0.25, 0.3) is 0 Å². The van der Waals surface area contributed by atoms with Crippen molar-refractivity contribution >= 4 is 5.78 Å². The van der Waals surface area contributed by atoms with Crippen molar-refractivity contribution < 1.29 is 4.79 Å². The number of ketones is 1. The molecule has 2 heterocycles. The molecule has 2 aliphatic heterocycles. The molecular formula is C8H8N2O. The van der Waals surface area contributed by atoms with E-state index in [4.69, 9.17) is 0 Å². The number of rotatable bonds is 0. The number of hydrazine groups is 1. The summed E-state index contributed by atoms with van der Waals surface area (Å²) in [5, 5.41) is 1.81. The zero-order valence-electron chi connectivity index (χ0n) is 5.95. The van der Waals surface area contributed by atoms with Crippen LogP contribution in [0.25, 0.3) is 0 Å². The van der Waals surface area contributed by atoms with Crippen LogP contribution in [0.1, 0.15) is 0 Å². The second kappa shape index (κ2) is 2.27. The topological polar surface area (TPSA) is 32.3 Å². The van der Waals surface area contributed by atoms with Crippen LogP contribution < -0.4 is 5.43 Å². The van der Waals surface area contributed by atoms with Crippen molar-refractivity contribution in [3.05, 3.63) is 36.2 Å². The Balaban J connectivity index is 2.28. The van der Waals surface area contributed by atoms with E-state index in [1.54, 1.807) is 12.2 Å². The first kappa shape index (κ1) is 6.22. The molecule has 2 rings (SSSR count). The smallest absolute Gasteiger partial charge is 0.177 e. The zero-order valence-corrected chi connectivity index (χ0v) is 5.95. The first-order chi connectivity index (χ1) is 5.36. The first-order valence-electron chi connectivity index (χ1n) is 3.48. The lowest BCUT2D eigenvalue weighted by atomic mass is 10.3. The maximum atomic E-state index is 11.0. The SMILES string of the molecule is O=C1C=CC=C2C=CNN2C1. The van der Waals surface area contributed by atoms with E-state index >= 15 is 0 Å². The molecule has 0 unspecified atom stereocenters. The summed E-state index contributed by atoms with van der Waals surface area (Å²) >= 11 is 0. The van der Waals surface area contributed by atoms with Gasteiger partial charge in [0.1, 0.15) is 6.54 Å². The molecule has 2 aliphatic rings. The van der Waals surface area contributed by atoms with Gasteiger partial charge in [0.15, 0.2) is 5.78 Å². The molecule has 0 amide bonds. The van der Waals surface area contributed by atoms with Crippen molar-refractivity contribution in [2.45, 2.75) is 0 Å². The molecule has 1 N–H and O–H groups in total. The average molecular weight is 148 g/mol. The Labute approximate surface area is 64.7 Å². The third-order valence-electron chi connectivity index (χ3n) is 1.66. The molecule has 3 nitrogen and oxygen atoms in total. The molecule has 0 fully saturated rings. The summed E-state index contributed by atoms with van der Waals surface area (Å²) < 4.78 is 0.